The lowest BCUT2D eigenvalue weighted by atomic mass is 9.71. The molecule has 30 heavy (non-hydrogen) atoms. The van der Waals surface area contributed by atoms with Gasteiger partial charge in [0.1, 0.15) is 11.3 Å². The molecule has 4 rings (SSSR count). The van der Waals surface area contributed by atoms with Crippen molar-refractivity contribution in [2.45, 2.75) is 65.7 Å². The van der Waals surface area contributed by atoms with Crippen LogP contribution in [0.5, 0.6) is 0 Å². The molecule has 0 aliphatic heterocycles. The Labute approximate surface area is 179 Å². The van der Waals surface area contributed by atoms with Gasteiger partial charge < -0.3 is 4.42 Å². The molecule has 1 aliphatic rings. The van der Waals surface area contributed by atoms with Crippen molar-refractivity contribution in [3.8, 4) is 0 Å². The first-order chi connectivity index (χ1) is 14.0. The maximum atomic E-state index is 13.2. The van der Waals surface area contributed by atoms with Crippen molar-refractivity contribution in [1.29, 1.82) is 0 Å². The number of benzene rings is 2. The molecular weight excluding hydrogens is 394 g/mol. The van der Waals surface area contributed by atoms with Crippen molar-refractivity contribution >= 4 is 26.7 Å². The Hall–Kier alpha value is -2.27. The van der Waals surface area contributed by atoms with E-state index in [1.807, 2.05) is 45.0 Å². The Kier molecular flexibility index (Phi) is 5.00. The lowest BCUT2D eigenvalue weighted by Gasteiger charge is -2.33. The number of aryl methyl sites for hydroxylation is 4. The maximum Gasteiger partial charge on any atom is 0.262 e. The van der Waals surface area contributed by atoms with Gasteiger partial charge in [0, 0.05) is 23.1 Å². The molecule has 1 aliphatic carbocycles. The molecule has 0 unspecified atom stereocenters. The van der Waals surface area contributed by atoms with E-state index >= 15 is 0 Å². The van der Waals surface area contributed by atoms with E-state index in [2.05, 4.69) is 25.5 Å². The molecule has 0 fully saturated rings. The predicted molar refractivity (Wildman–Crippen MR) is 123 cm³/mol. The van der Waals surface area contributed by atoms with Crippen molar-refractivity contribution in [2.24, 2.45) is 11.3 Å². The van der Waals surface area contributed by atoms with E-state index in [0.29, 0.717) is 16.5 Å². The van der Waals surface area contributed by atoms with E-state index in [9.17, 15) is 8.42 Å². The summed E-state index contributed by atoms with van der Waals surface area (Å²) in [6.07, 6.45) is 3.04. The Morgan fingerprint density at radius 3 is 2.33 bits per heavy atom. The van der Waals surface area contributed by atoms with Crippen LogP contribution >= 0.6 is 0 Å². The summed E-state index contributed by atoms with van der Waals surface area (Å²) in [5.41, 5.74) is 5.46. The fourth-order valence-corrected chi connectivity index (χ4v) is 6.38. The van der Waals surface area contributed by atoms with Gasteiger partial charge in [0.15, 0.2) is 0 Å². The third-order valence-corrected chi connectivity index (χ3v) is 8.08. The number of furan rings is 1. The first-order valence-electron chi connectivity index (χ1n) is 10.6. The van der Waals surface area contributed by atoms with Gasteiger partial charge in [-0.15, -0.1) is 0 Å². The predicted octanol–water partition coefficient (Wildman–Crippen LogP) is 6.31. The lowest BCUT2D eigenvalue weighted by Crippen LogP contribution is -2.26. The van der Waals surface area contributed by atoms with Crippen LogP contribution in [0.3, 0.4) is 0 Å². The van der Waals surface area contributed by atoms with Crippen LogP contribution in [0, 0.1) is 32.1 Å². The van der Waals surface area contributed by atoms with Crippen molar-refractivity contribution in [3.05, 3.63) is 58.3 Å². The second kappa shape index (κ2) is 7.16. The minimum Gasteiger partial charge on any atom is -0.461 e. The Bertz CT molecular complexity index is 1210. The van der Waals surface area contributed by atoms with Gasteiger partial charge in [0.2, 0.25) is 0 Å². The summed E-state index contributed by atoms with van der Waals surface area (Å²) in [5, 5.41) is 1.02. The lowest BCUT2D eigenvalue weighted by molar-refractivity contribution is 0.210. The molecule has 1 aromatic heterocycles. The zero-order valence-corrected chi connectivity index (χ0v) is 19.5. The second-order valence-electron chi connectivity index (χ2n) is 9.85. The second-order valence-corrected chi connectivity index (χ2v) is 11.5. The molecule has 1 atom stereocenters. The molecule has 0 spiro atoms. The summed E-state index contributed by atoms with van der Waals surface area (Å²) in [4.78, 5) is 0.357. The van der Waals surface area contributed by atoms with Crippen molar-refractivity contribution < 1.29 is 12.8 Å². The summed E-state index contributed by atoms with van der Waals surface area (Å²) < 4.78 is 35.2. The highest BCUT2D eigenvalue weighted by molar-refractivity contribution is 7.92. The fraction of sp³-hybridized carbons (Fsp3) is 0.440. The summed E-state index contributed by atoms with van der Waals surface area (Å²) in [5.74, 6) is 1.64. The monoisotopic (exact) mass is 425 g/mol. The van der Waals surface area contributed by atoms with Crippen LogP contribution in [-0.4, -0.2) is 8.42 Å². The summed E-state index contributed by atoms with van der Waals surface area (Å²) in [7, 11) is -3.68. The zero-order chi connectivity index (χ0) is 21.8. The Morgan fingerprint density at radius 1 is 1.03 bits per heavy atom. The smallest absolute Gasteiger partial charge is 0.262 e. The van der Waals surface area contributed by atoms with Crippen LogP contribution < -0.4 is 4.72 Å². The van der Waals surface area contributed by atoms with Crippen LogP contribution in [-0.2, 0) is 22.9 Å². The van der Waals surface area contributed by atoms with Gasteiger partial charge in [-0.05, 0) is 74.3 Å². The highest BCUT2D eigenvalue weighted by Gasteiger charge is 2.31. The van der Waals surface area contributed by atoms with Gasteiger partial charge in [-0.3, -0.25) is 4.72 Å². The van der Waals surface area contributed by atoms with E-state index < -0.39 is 10.0 Å². The van der Waals surface area contributed by atoms with E-state index in [4.69, 9.17) is 4.42 Å². The van der Waals surface area contributed by atoms with Crippen LogP contribution in [0.4, 0.5) is 5.69 Å². The van der Waals surface area contributed by atoms with Gasteiger partial charge in [0.25, 0.3) is 10.0 Å². The average Bonchev–Trinajstić information content (AvgIpc) is 2.96. The van der Waals surface area contributed by atoms with Gasteiger partial charge in [0.05, 0.1) is 4.90 Å². The molecule has 0 bridgehead atoms. The van der Waals surface area contributed by atoms with E-state index in [0.717, 1.165) is 52.7 Å². The molecule has 0 saturated heterocycles. The van der Waals surface area contributed by atoms with Gasteiger partial charge in [-0.2, -0.15) is 0 Å². The number of nitrogens with one attached hydrogen (secondary N) is 1. The summed E-state index contributed by atoms with van der Waals surface area (Å²) in [6.45, 7) is 12.5. The molecule has 160 valence electrons. The molecule has 1 heterocycles. The number of fused-ring (bicyclic) bond motifs is 3. The van der Waals surface area contributed by atoms with Gasteiger partial charge in [-0.1, -0.05) is 38.5 Å². The molecule has 0 saturated carbocycles. The number of rotatable bonds is 3. The van der Waals surface area contributed by atoms with Crippen LogP contribution in [0.15, 0.2) is 39.6 Å². The van der Waals surface area contributed by atoms with Crippen LogP contribution in [0.2, 0.25) is 0 Å². The third kappa shape index (κ3) is 3.76. The Morgan fingerprint density at radius 2 is 1.70 bits per heavy atom. The van der Waals surface area contributed by atoms with Crippen molar-refractivity contribution in [1.82, 2.24) is 0 Å². The normalized spacial score (nSPS) is 17.2. The highest BCUT2D eigenvalue weighted by Crippen LogP contribution is 2.41. The molecular formula is C25H31NO3S. The first kappa shape index (κ1) is 21.0. The van der Waals surface area contributed by atoms with E-state index in [1.165, 1.54) is 5.56 Å². The summed E-state index contributed by atoms with van der Waals surface area (Å²) in [6, 6.07) is 9.41. The minimum absolute atomic E-state index is 0.237. The number of hydrogen-bond donors (Lipinski definition) is 1. The van der Waals surface area contributed by atoms with Crippen LogP contribution in [0.1, 0.15) is 55.2 Å². The first-order valence-corrected chi connectivity index (χ1v) is 12.1. The Balaban J connectivity index is 1.72. The molecule has 4 nitrogen and oxygen atoms in total. The van der Waals surface area contributed by atoms with E-state index in [1.54, 1.807) is 6.07 Å². The van der Waals surface area contributed by atoms with Gasteiger partial charge >= 0.3 is 0 Å². The van der Waals surface area contributed by atoms with E-state index in [-0.39, 0.29) is 5.41 Å². The van der Waals surface area contributed by atoms with Crippen LogP contribution in [0.25, 0.3) is 11.0 Å². The number of anilines is 1. The number of hydrogen-bond acceptors (Lipinski definition) is 3. The molecule has 0 amide bonds. The average molecular weight is 426 g/mol. The molecule has 3 aromatic rings. The SMILES string of the molecule is Cc1cc(C)c(S(=O)(=O)Nc2ccc3oc4c(c3c2)C[C@@H](C(C)(C)C)CC4)c(C)c1. The quantitative estimate of drug-likeness (QED) is 0.535. The molecule has 5 heteroatoms. The third-order valence-electron chi connectivity index (χ3n) is 6.40. The topological polar surface area (TPSA) is 59.3 Å². The fourth-order valence-electron chi connectivity index (χ4n) is 4.88. The maximum absolute atomic E-state index is 13.2. The summed E-state index contributed by atoms with van der Waals surface area (Å²) >= 11 is 0. The highest BCUT2D eigenvalue weighted by atomic mass is 32.2. The molecule has 0 radical (unpaired) electrons. The van der Waals surface area contributed by atoms with Crippen molar-refractivity contribution in [3.63, 3.8) is 0 Å². The van der Waals surface area contributed by atoms with Gasteiger partial charge in [-0.25, -0.2) is 8.42 Å². The standard InChI is InChI=1S/C25H31NO3S/c1-15-11-16(2)24(17(3)12-15)30(27,28)26-19-8-10-23-21(14-19)20-13-18(25(4,5)6)7-9-22(20)29-23/h8,10-12,14,18,26H,7,9,13H2,1-6H3/t18-/m0/s1. The number of sulfonamides is 1. The molecule has 1 N–H and O–H groups in total. The zero-order valence-electron chi connectivity index (χ0n) is 18.7. The molecule has 2 aromatic carbocycles. The van der Waals surface area contributed by atoms with Crippen molar-refractivity contribution in [2.75, 3.05) is 4.72 Å². The largest absolute Gasteiger partial charge is 0.461 e. The minimum atomic E-state index is -3.68.